The third-order valence-electron chi connectivity index (χ3n) is 3.68. The first-order chi connectivity index (χ1) is 12.7. The Bertz CT molecular complexity index is 843. The van der Waals surface area contributed by atoms with Gasteiger partial charge in [0.2, 0.25) is 11.7 Å². The fourth-order valence-electron chi connectivity index (χ4n) is 2.48. The van der Waals surface area contributed by atoms with E-state index in [1.165, 1.54) is 0 Å². The second kappa shape index (κ2) is 8.48. The topological polar surface area (TPSA) is 92.6 Å². The number of nitrogens with zero attached hydrogens (tertiary/aromatic N) is 3. The molecule has 3 aromatic rings. The van der Waals surface area contributed by atoms with Crippen molar-refractivity contribution in [1.29, 1.82) is 0 Å². The number of rotatable bonds is 9. The molecule has 2 heterocycles. The largest absolute Gasteiger partial charge is 0.496 e. The monoisotopic (exact) mass is 359 g/mol. The van der Waals surface area contributed by atoms with E-state index >= 15 is 0 Å². The second-order valence-corrected chi connectivity index (χ2v) is 5.67. The van der Waals surface area contributed by atoms with Crippen LogP contribution in [0.25, 0.3) is 11.4 Å². The first-order valence-corrected chi connectivity index (χ1v) is 8.24. The average molecular weight is 359 g/mol. The zero-order valence-electron chi connectivity index (χ0n) is 15.0. The van der Waals surface area contributed by atoms with Crippen LogP contribution in [-0.4, -0.2) is 36.1 Å². The Labute approximate surface area is 151 Å². The SMILES string of the molecule is COCc1cc(CCCOc2ccc(-c3noc(C)n3)c(OC)c2)on1. The lowest BCUT2D eigenvalue weighted by Crippen LogP contribution is -2.00. The fourth-order valence-corrected chi connectivity index (χ4v) is 2.48. The van der Waals surface area contributed by atoms with Crippen LogP contribution in [-0.2, 0) is 17.8 Å². The van der Waals surface area contributed by atoms with Gasteiger partial charge in [0.1, 0.15) is 23.0 Å². The molecule has 0 atom stereocenters. The summed E-state index contributed by atoms with van der Waals surface area (Å²) < 4.78 is 26.5. The van der Waals surface area contributed by atoms with E-state index in [0.29, 0.717) is 36.4 Å². The molecule has 8 nitrogen and oxygen atoms in total. The summed E-state index contributed by atoms with van der Waals surface area (Å²) in [5.74, 6) is 3.15. The van der Waals surface area contributed by atoms with E-state index < -0.39 is 0 Å². The summed E-state index contributed by atoms with van der Waals surface area (Å²) in [5, 5.41) is 7.85. The number of benzene rings is 1. The van der Waals surface area contributed by atoms with Crippen molar-refractivity contribution in [3.8, 4) is 22.9 Å². The Hall–Kier alpha value is -2.87. The zero-order chi connectivity index (χ0) is 18.4. The standard InChI is InChI=1S/C18H21N3O5/c1-12-19-18(21-25-12)16-7-6-14(10-17(16)23-3)24-8-4-5-15-9-13(11-22-2)20-26-15/h6-7,9-10H,4-5,8,11H2,1-3H3. The molecule has 0 saturated heterocycles. The van der Waals surface area contributed by atoms with Gasteiger partial charge in [0.05, 0.1) is 25.9 Å². The Morgan fingerprint density at radius 2 is 1.96 bits per heavy atom. The molecule has 1 aromatic carbocycles. The summed E-state index contributed by atoms with van der Waals surface area (Å²) in [4.78, 5) is 4.22. The summed E-state index contributed by atoms with van der Waals surface area (Å²) >= 11 is 0. The predicted molar refractivity (Wildman–Crippen MR) is 92.1 cm³/mol. The minimum Gasteiger partial charge on any atom is -0.496 e. The van der Waals surface area contributed by atoms with Gasteiger partial charge in [0.25, 0.3) is 0 Å². The van der Waals surface area contributed by atoms with E-state index in [2.05, 4.69) is 15.3 Å². The van der Waals surface area contributed by atoms with Crippen molar-refractivity contribution in [2.75, 3.05) is 20.8 Å². The number of ether oxygens (including phenoxy) is 3. The minimum absolute atomic E-state index is 0.450. The zero-order valence-corrected chi connectivity index (χ0v) is 15.0. The fraction of sp³-hybridized carbons (Fsp3) is 0.389. The molecular weight excluding hydrogens is 338 g/mol. The second-order valence-electron chi connectivity index (χ2n) is 5.67. The Balaban J connectivity index is 1.54. The molecule has 3 rings (SSSR count). The third kappa shape index (κ3) is 4.40. The molecule has 8 heteroatoms. The van der Waals surface area contributed by atoms with Crippen LogP contribution >= 0.6 is 0 Å². The molecule has 0 unspecified atom stereocenters. The maximum absolute atomic E-state index is 5.79. The van der Waals surface area contributed by atoms with E-state index in [9.17, 15) is 0 Å². The van der Waals surface area contributed by atoms with Crippen LogP contribution in [0.4, 0.5) is 0 Å². The molecule has 0 fully saturated rings. The number of aryl methyl sites for hydroxylation is 2. The van der Waals surface area contributed by atoms with Gasteiger partial charge in [0, 0.05) is 32.6 Å². The van der Waals surface area contributed by atoms with E-state index in [1.54, 1.807) is 21.1 Å². The summed E-state index contributed by atoms with van der Waals surface area (Å²) in [7, 11) is 3.22. The van der Waals surface area contributed by atoms with Crippen molar-refractivity contribution in [1.82, 2.24) is 15.3 Å². The average Bonchev–Trinajstić information content (AvgIpc) is 3.28. The van der Waals surface area contributed by atoms with Gasteiger partial charge in [-0.15, -0.1) is 0 Å². The Kier molecular flexibility index (Phi) is 5.85. The lowest BCUT2D eigenvalue weighted by atomic mass is 10.2. The van der Waals surface area contributed by atoms with E-state index in [1.807, 2.05) is 24.3 Å². The summed E-state index contributed by atoms with van der Waals surface area (Å²) in [5.41, 5.74) is 1.55. The molecule has 0 saturated carbocycles. The van der Waals surface area contributed by atoms with Crippen molar-refractivity contribution in [3.05, 3.63) is 41.6 Å². The van der Waals surface area contributed by atoms with E-state index in [4.69, 9.17) is 23.3 Å². The molecular formula is C18H21N3O5. The lowest BCUT2D eigenvalue weighted by molar-refractivity contribution is 0.177. The van der Waals surface area contributed by atoms with Crippen LogP contribution in [0.5, 0.6) is 11.5 Å². The van der Waals surface area contributed by atoms with Crippen molar-refractivity contribution < 1.29 is 23.3 Å². The van der Waals surface area contributed by atoms with Crippen LogP contribution in [0, 0.1) is 6.92 Å². The summed E-state index contributed by atoms with van der Waals surface area (Å²) in [6.07, 6.45) is 1.55. The first-order valence-electron chi connectivity index (χ1n) is 8.24. The molecule has 0 amide bonds. The van der Waals surface area contributed by atoms with Gasteiger partial charge in [0.15, 0.2) is 0 Å². The van der Waals surface area contributed by atoms with Crippen LogP contribution in [0.15, 0.2) is 33.3 Å². The lowest BCUT2D eigenvalue weighted by Gasteiger charge is -2.09. The molecule has 0 aliphatic rings. The molecule has 0 N–H and O–H groups in total. The van der Waals surface area contributed by atoms with Crippen LogP contribution < -0.4 is 9.47 Å². The van der Waals surface area contributed by atoms with Gasteiger partial charge >= 0.3 is 0 Å². The van der Waals surface area contributed by atoms with E-state index in [0.717, 1.165) is 29.9 Å². The maximum atomic E-state index is 5.79. The smallest absolute Gasteiger partial charge is 0.223 e. The molecule has 0 aliphatic heterocycles. The first kappa shape index (κ1) is 17.9. The summed E-state index contributed by atoms with van der Waals surface area (Å²) in [6, 6.07) is 7.42. The minimum atomic E-state index is 0.450. The van der Waals surface area contributed by atoms with Crippen molar-refractivity contribution in [2.24, 2.45) is 0 Å². The van der Waals surface area contributed by atoms with Crippen molar-refractivity contribution >= 4 is 0 Å². The third-order valence-corrected chi connectivity index (χ3v) is 3.68. The highest BCUT2D eigenvalue weighted by Gasteiger charge is 2.13. The maximum Gasteiger partial charge on any atom is 0.223 e. The molecule has 26 heavy (non-hydrogen) atoms. The Morgan fingerprint density at radius 1 is 1.08 bits per heavy atom. The highest BCUT2D eigenvalue weighted by atomic mass is 16.5. The van der Waals surface area contributed by atoms with E-state index in [-0.39, 0.29) is 0 Å². The normalized spacial score (nSPS) is 10.9. The molecule has 138 valence electrons. The molecule has 0 aliphatic carbocycles. The van der Waals surface area contributed by atoms with Gasteiger partial charge < -0.3 is 23.3 Å². The van der Waals surface area contributed by atoms with Gasteiger partial charge in [-0.05, 0) is 18.6 Å². The molecule has 0 radical (unpaired) electrons. The number of hydrogen-bond acceptors (Lipinski definition) is 8. The highest BCUT2D eigenvalue weighted by Crippen LogP contribution is 2.31. The summed E-state index contributed by atoms with van der Waals surface area (Å²) in [6.45, 7) is 2.74. The van der Waals surface area contributed by atoms with Gasteiger partial charge in [-0.3, -0.25) is 0 Å². The van der Waals surface area contributed by atoms with Gasteiger partial charge in [-0.1, -0.05) is 10.3 Å². The number of methoxy groups -OCH3 is 2. The molecule has 0 spiro atoms. The van der Waals surface area contributed by atoms with Crippen LogP contribution in [0.3, 0.4) is 0 Å². The van der Waals surface area contributed by atoms with Crippen LogP contribution in [0.1, 0.15) is 23.8 Å². The van der Waals surface area contributed by atoms with Gasteiger partial charge in [-0.2, -0.15) is 4.98 Å². The Morgan fingerprint density at radius 3 is 2.69 bits per heavy atom. The predicted octanol–water partition coefficient (Wildman–Crippen LogP) is 3.20. The molecule has 2 aromatic heterocycles. The molecule has 0 bridgehead atoms. The van der Waals surface area contributed by atoms with Gasteiger partial charge in [-0.25, -0.2) is 0 Å². The van der Waals surface area contributed by atoms with Crippen LogP contribution in [0.2, 0.25) is 0 Å². The number of aromatic nitrogens is 3. The highest BCUT2D eigenvalue weighted by molar-refractivity contribution is 5.65. The van der Waals surface area contributed by atoms with Crippen molar-refractivity contribution in [2.45, 2.75) is 26.4 Å². The number of hydrogen-bond donors (Lipinski definition) is 0. The quantitative estimate of drug-likeness (QED) is 0.538. The van der Waals surface area contributed by atoms with Crippen molar-refractivity contribution in [3.63, 3.8) is 0 Å².